The Kier molecular flexibility index (Phi) is 4.07. The Bertz CT molecular complexity index is 585. The average molecular weight is 377 g/mol. The van der Waals surface area contributed by atoms with Gasteiger partial charge in [-0.15, -0.1) is 0 Å². The molecule has 0 N–H and O–H groups in total. The summed E-state index contributed by atoms with van der Waals surface area (Å²) in [6.45, 7) is 0. The van der Waals surface area contributed by atoms with Gasteiger partial charge in [-0.3, -0.25) is 9.78 Å². The summed E-state index contributed by atoms with van der Waals surface area (Å²) in [5.41, 5.74) is 0.540. The van der Waals surface area contributed by atoms with Crippen LogP contribution in [0.25, 0.3) is 11.5 Å². The first-order chi connectivity index (χ1) is 8.60. The third kappa shape index (κ3) is 2.94. The van der Waals surface area contributed by atoms with Gasteiger partial charge in [-0.25, -0.2) is 0 Å². The van der Waals surface area contributed by atoms with Crippen LogP contribution < -0.4 is 0 Å². The SMILES string of the molecule is COC(=O)Cc1nc(-c2ncc(Br)cc2Br)no1. The van der Waals surface area contributed by atoms with E-state index in [2.05, 4.69) is 51.7 Å². The third-order valence-corrected chi connectivity index (χ3v) is 3.05. The topological polar surface area (TPSA) is 78.1 Å². The van der Waals surface area contributed by atoms with Crippen LogP contribution in [0.3, 0.4) is 0 Å². The van der Waals surface area contributed by atoms with E-state index in [1.807, 2.05) is 6.07 Å². The van der Waals surface area contributed by atoms with Crippen molar-refractivity contribution in [2.75, 3.05) is 7.11 Å². The molecule has 2 aromatic rings. The molecule has 6 nitrogen and oxygen atoms in total. The van der Waals surface area contributed by atoms with Gasteiger partial charge in [0.25, 0.3) is 0 Å². The summed E-state index contributed by atoms with van der Waals surface area (Å²) in [6, 6.07) is 1.82. The van der Waals surface area contributed by atoms with Crippen LogP contribution in [-0.2, 0) is 16.0 Å². The highest BCUT2D eigenvalue weighted by Crippen LogP contribution is 2.26. The molecular weight excluding hydrogens is 370 g/mol. The molecule has 8 heteroatoms. The van der Waals surface area contributed by atoms with Gasteiger partial charge in [0.1, 0.15) is 12.1 Å². The number of rotatable bonds is 3. The molecule has 2 heterocycles. The largest absolute Gasteiger partial charge is 0.469 e. The Morgan fingerprint density at radius 3 is 2.94 bits per heavy atom. The highest BCUT2D eigenvalue weighted by Gasteiger charge is 2.15. The lowest BCUT2D eigenvalue weighted by molar-refractivity contribution is -0.140. The standard InChI is InChI=1S/C10H7Br2N3O3/c1-17-8(16)3-7-14-10(15-18-7)9-6(12)2-5(11)4-13-9/h2,4H,3H2,1H3. The fraction of sp³-hybridized carbons (Fsp3) is 0.200. The van der Waals surface area contributed by atoms with Gasteiger partial charge >= 0.3 is 5.97 Å². The number of aromatic nitrogens is 3. The zero-order chi connectivity index (χ0) is 13.1. The zero-order valence-electron chi connectivity index (χ0n) is 9.18. The van der Waals surface area contributed by atoms with E-state index in [-0.39, 0.29) is 12.3 Å². The van der Waals surface area contributed by atoms with Gasteiger partial charge in [0.05, 0.1) is 7.11 Å². The quantitative estimate of drug-likeness (QED) is 0.765. The molecule has 0 aliphatic heterocycles. The minimum atomic E-state index is -0.437. The lowest BCUT2D eigenvalue weighted by Gasteiger charge is -1.97. The lowest BCUT2D eigenvalue weighted by atomic mass is 10.3. The van der Waals surface area contributed by atoms with Crippen LogP contribution in [-0.4, -0.2) is 28.2 Å². The van der Waals surface area contributed by atoms with Crippen molar-refractivity contribution >= 4 is 37.8 Å². The van der Waals surface area contributed by atoms with Crippen LogP contribution in [0.2, 0.25) is 0 Å². The number of hydrogen-bond acceptors (Lipinski definition) is 6. The van der Waals surface area contributed by atoms with Crippen molar-refractivity contribution in [3.63, 3.8) is 0 Å². The first-order valence-electron chi connectivity index (χ1n) is 4.81. The van der Waals surface area contributed by atoms with E-state index < -0.39 is 5.97 Å². The Hall–Kier alpha value is -1.28. The molecule has 0 bridgehead atoms. The predicted molar refractivity (Wildman–Crippen MR) is 68.6 cm³/mol. The number of methoxy groups -OCH3 is 1. The van der Waals surface area contributed by atoms with Crippen LogP contribution in [0.15, 0.2) is 25.7 Å². The number of carbonyl (C=O) groups is 1. The summed E-state index contributed by atoms with van der Waals surface area (Å²) < 4.78 is 11.0. The summed E-state index contributed by atoms with van der Waals surface area (Å²) in [6.07, 6.45) is 1.56. The van der Waals surface area contributed by atoms with E-state index in [0.29, 0.717) is 11.5 Å². The summed E-state index contributed by atoms with van der Waals surface area (Å²) in [4.78, 5) is 19.3. The second-order valence-electron chi connectivity index (χ2n) is 3.25. The van der Waals surface area contributed by atoms with Crippen molar-refractivity contribution in [2.24, 2.45) is 0 Å². The normalized spacial score (nSPS) is 10.4. The number of nitrogens with zero attached hydrogens (tertiary/aromatic N) is 3. The molecule has 2 rings (SSSR count). The van der Waals surface area contributed by atoms with Crippen molar-refractivity contribution < 1.29 is 14.1 Å². The first-order valence-corrected chi connectivity index (χ1v) is 6.39. The number of hydrogen-bond donors (Lipinski definition) is 0. The van der Waals surface area contributed by atoms with E-state index in [9.17, 15) is 4.79 Å². The molecule has 0 unspecified atom stereocenters. The zero-order valence-corrected chi connectivity index (χ0v) is 12.4. The highest BCUT2D eigenvalue weighted by molar-refractivity contribution is 9.11. The van der Waals surface area contributed by atoms with Crippen LogP contribution in [0.4, 0.5) is 0 Å². The van der Waals surface area contributed by atoms with E-state index >= 15 is 0 Å². The molecular formula is C10H7Br2N3O3. The molecule has 0 amide bonds. The fourth-order valence-electron chi connectivity index (χ4n) is 1.20. The number of carbonyl (C=O) groups excluding carboxylic acids is 1. The van der Waals surface area contributed by atoms with Crippen LogP contribution in [0.5, 0.6) is 0 Å². The second-order valence-corrected chi connectivity index (χ2v) is 5.02. The lowest BCUT2D eigenvalue weighted by Crippen LogP contribution is -2.04. The maximum Gasteiger partial charge on any atom is 0.315 e. The number of halogens is 2. The predicted octanol–water partition coefficient (Wildman–Crippen LogP) is 2.37. The second kappa shape index (κ2) is 5.57. The Morgan fingerprint density at radius 2 is 2.28 bits per heavy atom. The number of ether oxygens (including phenoxy) is 1. The first kappa shape index (κ1) is 13.2. The Balaban J connectivity index is 2.26. The fourth-order valence-corrected chi connectivity index (χ4v) is 2.36. The van der Waals surface area contributed by atoms with Gasteiger partial charge in [-0.2, -0.15) is 4.98 Å². The molecule has 0 aromatic carbocycles. The summed E-state index contributed by atoms with van der Waals surface area (Å²) in [7, 11) is 1.30. The van der Waals surface area contributed by atoms with Gasteiger partial charge in [-0.1, -0.05) is 5.16 Å². The Morgan fingerprint density at radius 1 is 1.50 bits per heavy atom. The molecule has 0 aliphatic rings. The van der Waals surface area contributed by atoms with E-state index in [1.54, 1.807) is 6.20 Å². The molecule has 0 aliphatic carbocycles. The molecule has 0 atom stereocenters. The summed E-state index contributed by atoms with van der Waals surface area (Å²) in [5.74, 6) is 0.0646. The molecule has 0 fully saturated rings. The van der Waals surface area contributed by atoms with E-state index in [1.165, 1.54) is 7.11 Å². The number of esters is 1. The minimum Gasteiger partial charge on any atom is -0.469 e. The van der Waals surface area contributed by atoms with Gasteiger partial charge in [-0.05, 0) is 37.9 Å². The molecule has 2 aromatic heterocycles. The maximum atomic E-state index is 11.1. The summed E-state index contributed by atoms with van der Waals surface area (Å²) >= 11 is 6.65. The van der Waals surface area contributed by atoms with Gasteiger partial charge in [0.15, 0.2) is 0 Å². The van der Waals surface area contributed by atoms with Crippen LogP contribution >= 0.6 is 31.9 Å². The van der Waals surface area contributed by atoms with Gasteiger partial charge in [0.2, 0.25) is 11.7 Å². The molecule has 0 spiro atoms. The summed E-state index contributed by atoms with van der Waals surface area (Å²) in [5, 5.41) is 3.76. The Labute approximate surface area is 119 Å². The molecule has 0 saturated carbocycles. The average Bonchev–Trinajstić information content (AvgIpc) is 2.77. The molecule has 0 saturated heterocycles. The monoisotopic (exact) mass is 375 g/mol. The van der Waals surface area contributed by atoms with Gasteiger partial charge < -0.3 is 9.26 Å². The van der Waals surface area contributed by atoms with Crippen molar-refractivity contribution in [2.45, 2.75) is 6.42 Å². The molecule has 0 radical (unpaired) electrons. The van der Waals surface area contributed by atoms with Crippen LogP contribution in [0, 0.1) is 0 Å². The van der Waals surface area contributed by atoms with E-state index in [0.717, 1.165) is 8.95 Å². The number of pyridine rings is 1. The van der Waals surface area contributed by atoms with E-state index in [4.69, 9.17) is 4.52 Å². The highest BCUT2D eigenvalue weighted by atomic mass is 79.9. The molecule has 94 valence electrons. The van der Waals surface area contributed by atoms with Crippen molar-refractivity contribution in [3.8, 4) is 11.5 Å². The molecule has 18 heavy (non-hydrogen) atoms. The van der Waals surface area contributed by atoms with Crippen molar-refractivity contribution in [3.05, 3.63) is 27.1 Å². The van der Waals surface area contributed by atoms with Gasteiger partial charge in [0, 0.05) is 15.1 Å². The third-order valence-electron chi connectivity index (χ3n) is 2.01. The van der Waals surface area contributed by atoms with Crippen molar-refractivity contribution in [1.82, 2.24) is 15.1 Å². The van der Waals surface area contributed by atoms with Crippen molar-refractivity contribution in [1.29, 1.82) is 0 Å². The van der Waals surface area contributed by atoms with Crippen LogP contribution in [0.1, 0.15) is 5.89 Å². The maximum absolute atomic E-state index is 11.1. The minimum absolute atomic E-state index is 0.0579. The smallest absolute Gasteiger partial charge is 0.315 e.